The number of ether oxygens (including phenoxy) is 1. The summed E-state index contributed by atoms with van der Waals surface area (Å²) in [7, 11) is 1.87. The molecule has 104 valence electrons. The second-order valence-corrected chi connectivity index (χ2v) is 5.45. The van der Waals surface area contributed by atoms with Gasteiger partial charge in [-0.2, -0.15) is 10.4 Å². The first-order chi connectivity index (χ1) is 9.56. The largest absolute Gasteiger partial charge is 0.486 e. The molecular weight excluding hydrogens is 342 g/mol. The zero-order valence-electron chi connectivity index (χ0n) is 11.2. The number of nitrogens with zero attached hydrogens (tertiary/aromatic N) is 3. The number of nitriles is 1. The Morgan fingerprint density at radius 3 is 2.85 bits per heavy atom. The van der Waals surface area contributed by atoms with Crippen molar-refractivity contribution in [2.45, 2.75) is 20.0 Å². The van der Waals surface area contributed by atoms with Crippen LogP contribution in [0.4, 0.5) is 0 Å². The summed E-state index contributed by atoms with van der Waals surface area (Å²) < 4.78 is 8.44. The number of hydrogen-bond acceptors (Lipinski definition) is 3. The fourth-order valence-electron chi connectivity index (χ4n) is 1.83. The molecule has 2 aromatic rings. The van der Waals surface area contributed by atoms with Crippen LogP contribution in [-0.4, -0.2) is 9.78 Å². The molecule has 20 heavy (non-hydrogen) atoms. The Hall–Kier alpha value is -1.51. The van der Waals surface area contributed by atoms with Gasteiger partial charge in [0.05, 0.1) is 21.4 Å². The van der Waals surface area contributed by atoms with Gasteiger partial charge in [-0.25, -0.2) is 0 Å². The molecule has 0 N–H and O–H groups in total. The van der Waals surface area contributed by atoms with Crippen LogP contribution in [0.2, 0.25) is 5.02 Å². The molecule has 0 aliphatic carbocycles. The van der Waals surface area contributed by atoms with Gasteiger partial charge in [-0.15, -0.1) is 0 Å². The molecule has 0 aliphatic rings. The van der Waals surface area contributed by atoms with Crippen LogP contribution in [0.5, 0.6) is 5.75 Å². The molecule has 6 heteroatoms. The molecule has 0 amide bonds. The number of benzene rings is 1. The maximum atomic E-state index is 9.06. The predicted octanol–water partition coefficient (Wildman–Crippen LogP) is 3.85. The standard InChI is InChI=1S/C14H13BrClN3O/c1-3-11-14(15)12(19(2)18-11)8-20-13-6-10(16)5-4-9(13)7-17/h4-6H,3,8H2,1-2H3. The van der Waals surface area contributed by atoms with Crippen LogP contribution in [0.1, 0.15) is 23.9 Å². The van der Waals surface area contributed by atoms with E-state index in [0.29, 0.717) is 22.9 Å². The molecule has 0 spiro atoms. The van der Waals surface area contributed by atoms with Gasteiger partial charge in [0.2, 0.25) is 0 Å². The summed E-state index contributed by atoms with van der Waals surface area (Å²) in [6.45, 7) is 2.36. The van der Waals surface area contributed by atoms with Gasteiger partial charge < -0.3 is 4.74 Å². The summed E-state index contributed by atoms with van der Waals surface area (Å²) in [6.07, 6.45) is 0.842. The highest BCUT2D eigenvalue weighted by Crippen LogP contribution is 2.26. The SMILES string of the molecule is CCc1nn(C)c(COc2cc(Cl)ccc2C#N)c1Br. The average molecular weight is 355 g/mol. The lowest BCUT2D eigenvalue weighted by Gasteiger charge is -2.09. The van der Waals surface area contributed by atoms with Gasteiger partial charge in [-0.3, -0.25) is 4.68 Å². The summed E-state index contributed by atoms with van der Waals surface area (Å²) in [4.78, 5) is 0. The fraction of sp³-hybridized carbons (Fsp3) is 0.286. The van der Waals surface area contributed by atoms with Crippen LogP contribution >= 0.6 is 27.5 Å². The van der Waals surface area contributed by atoms with E-state index in [1.807, 2.05) is 14.0 Å². The number of aromatic nitrogens is 2. The van der Waals surface area contributed by atoms with Gasteiger partial charge in [0.1, 0.15) is 18.4 Å². The summed E-state index contributed by atoms with van der Waals surface area (Å²) in [5.74, 6) is 0.478. The molecule has 1 aromatic carbocycles. The summed E-state index contributed by atoms with van der Waals surface area (Å²) in [6, 6.07) is 7.05. The molecular formula is C14H13BrClN3O. The molecule has 1 aromatic heterocycles. The monoisotopic (exact) mass is 353 g/mol. The van der Waals surface area contributed by atoms with Gasteiger partial charge in [-0.05, 0) is 34.5 Å². The third-order valence-electron chi connectivity index (χ3n) is 2.93. The van der Waals surface area contributed by atoms with Crippen molar-refractivity contribution in [1.29, 1.82) is 5.26 Å². The second kappa shape index (κ2) is 6.29. The van der Waals surface area contributed by atoms with Gasteiger partial charge in [0.25, 0.3) is 0 Å². The molecule has 2 rings (SSSR count). The maximum absolute atomic E-state index is 9.06. The summed E-state index contributed by atoms with van der Waals surface area (Å²) >= 11 is 9.46. The number of hydrogen-bond donors (Lipinski definition) is 0. The summed E-state index contributed by atoms with van der Waals surface area (Å²) in [5.41, 5.74) is 2.37. The van der Waals surface area contributed by atoms with E-state index in [9.17, 15) is 0 Å². The van der Waals surface area contributed by atoms with E-state index >= 15 is 0 Å². The first kappa shape index (κ1) is 14.9. The van der Waals surface area contributed by atoms with Gasteiger partial charge in [0.15, 0.2) is 0 Å². The minimum absolute atomic E-state index is 0.319. The number of halogens is 2. The smallest absolute Gasteiger partial charge is 0.139 e. The minimum atomic E-state index is 0.319. The van der Waals surface area contributed by atoms with Crippen LogP contribution in [-0.2, 0) is 20.1 Å². The number of rotatable bonds is 4. The second-order valence-electron chi connectivity index (χ2n) is 4.23. The van der Waals surface area contributed by atoms with Crippen LogP contribution in [0, 0.1) is 11.3 Å². The van der Waals surface area contributed by atoms with E-state index in [1.165, 1.54) is 0 Å². The van der Waals surface area contributed by atoms with E-state index in [-0.39, 0.29) is 0 Å². The lowest BCUT2D eigenvalue weighted by Crippen LogP contribution is -2.04. The van der Waals surface area contributed by atoms with E-state index < -0.39 is 0 Å². The molecule has 0 atom stereocenters. The van der Waals surface area contributed by atoms with Gasteiger partial charge in [0, 0.05) is 18.1 Å². The summed E-state index contributed by atoms with van der Waals surface area (Å²) in [5, 5.41) is 14.0. The topological polar surface area (TPSA) is 50.8 Å². The average Bonchev–Trinajstić information content (AvgIpc) is 2.71. The Bertz CT molecular complexity index is 676. The van der Waals surface area contributed by atoms with Crippen molar-refractivity contribution < 1.29 is 4.74 Å². The lowest BCUT2D eigenvalue weighted by molar-refractivity contribution is 0.293. The Kier molecular flexibility index (Phi) is 4.69. The van der Waals surface area contributed by atoms with Crippen LogP contribution < -0.4 is 4.74 Å². The highest BCUT2D eigenvalue weighted by molar-refractivity contribution is 9.10. The highest BCUT2D eigenvalue weighted by Gasteiger charge is 2.14. The number of aryl methyl sites for hydroxylation is 2. The third kappa shape index (κ3) is 2.97. The molecule has 0 unspecified atom stereocenters. The van der Waals surface area contributed by atoms with Crippen molar-refractivity contribution in [2.24, 2.45) is 7.05 Å². The zero-order chi connectivity index (χ0) is 14.7. The van der Waals surface area contributed by atoms with Crippen molar-refractivity contribution in [3.8, 4) is 11.8 Å². The van der Waals surface area contributed by atoms with E-state index in [1.54, 1.807) is 22.9 Å². The minimum Gasteiger partial charge on any atom is -0.486 e. The van der Waals surface area contributed by atoms with Gasteiger partial charge in [-0.1, -0.05) is 18.5 Å². The zero-order valence-corrected chi connectivity index (χ0v) is 13.5. The molecule has 0 saturated heterocycles. The molecule has 1 heterocycles. The van der Waals surface area contributed by atoms with Crippen LogP contribution in [0.25, 0.3) is 0 Å². The molecule has 0 bridgehead atoms. The first-order valence-electron chi connectivity index (χ1n) is 6.09. The van der Waals surface area contributed by atoms with Crippen molar-refractivity contribution in [3.05, 3.63) is 44.6 Å². The normalized spacial score (nSPS) is 10.3. The molecule has 0 fully saturated rings. The molecule has 0 saturated carbocycles. The van der Waals surface area contributed by atoms with E-state index in [4.69, 9.17) is 21.6 Å². The predicted molar refractivity (Wildman–Crippen MR) is 80.8 cm³/mol. The van der Waals surface area contributed by atoms with Gasteiger partial charge >= 0.3 is 0 Å². The quantitative estimate of drug-likeness (QED) is 0.838. The van der Waals surface area contributed by atoms with Crippen molar-refractivity contribution >= 4 is 27.5 Å². The lowest BCUT2D eigenvalue weighted by atomic mass is 10.2. The Morgan fingerprint density at radius 2 is 2.25 bits per heavy atom. The van der Waals surface area contributed by atoms with Crippen LogP contribution in [0.15, 0.2) is 22.7 Å². The van der Waals surface area contributed by atoms with Crippen LogP contribution in [0.3, 0.4) is 0 Å². The molecule has 0 radical (unpaired) electrons. The molecule has 0 aliphatic heterocycles. The first-order valence-corrected chi connectivity index (χ1v) is 7.26. The van der Waals surface area contributed by atoms with E-state index in [2.05, 4.69) is 27.1 Å². The van der Waals surface area contributed by atoms with Crippen molar-refractivity contribution in [2.75, 3.05) is 0 Å². The molecule has 4 nitrogen and oxygen atoms in total. The van der Waals surface area contributed by atoms with E-state index in [0.717, 1.165) is 22.3 Å². The third-order valence-corrected chi connectivity index (χ3v) is 4.08. The Labute approximate surface area is 131 Å². The fourth-order valence-corrected chi connectivity index (χ4v) is 2.72. The van der Waals surface area contributed by atoms with Crippen molar-refractivity contribution in [1.82, 2.24) is 9.78 Å². The highest BCUT2D eigenvalue weighted by atomic mass is 79.9. The Morgan fingerprint density at radius 1 is 1.50 bits per heavy atom. The van der Waals surface area contributed by atoms with Crippen molar-refractivity contribution in [3.63, 3.8) is 0 Å². The maximum Gasteiger partial charge on any atom is 0.139 e. The Balaban J connectivity index is 2.23.